The summed E-state index contributed by atoms with van der Waals surface area (Å²) in [5.74, 6) is 0.198. The number of aliphatic imine (C=N–C) groups is 1. The van der Waals surface area contributed by atoms with Crippen molar-refractivity contribution in [2.75, 3.05) is 0 Å². The highest BCUT2D eigenvalue weighted by molar-refractivity contribution is 7.18. The van der Waals surface area contributed by atoms with Crippen LogP contribution in [0.25, 0.3) is 10.6 Å². The van der Waals surface area contributed by atoms with Crippen LogP contribution >= 0.6 is 11.3 Å². The minimum atomic E-state index is 0.198. The standard InChI is InChI=1S/C15H11N3OS/c19-13-9-5-4-8-12(13)10-16-15-18-17-14(20-15)11-6-2-1-3-7-11/h1-10,19H. The second kappa shape index (κ2) is 5.63. The minimum absolute atomic E-state index is 0.198. The van der Waals surface area contributed by atoms with Gasteiger partial charge in [-0.05, 0) is 12.1 Å². The van der Waals surface area contributed by atoms with Crippen LogP contribution in [0.4, 0.5) is 5.13 Å². The Morgan fingerprint density at radius 2 is 1.70 bits per heavy atom. The molecule has 1 N–H and O–H groups in total. The average molecular weight is 281 g/mol. The second-order valence-corrected chi connectivity index (χ2v) is 5.03. The summed E-state index contributed by atoms with van der Waals surface area (Å²) in [4.78, 5) is 4.24. The Kier molecular flexibility index (Phi) is 3.52. The highest BCUT2D eigenvalue weighted by atomic mass is 32.1. The van der Waals surface area contributed by atoms with E-state index < -0.39 is 0 Å². The van der Waals surface area contributed by atoms with Gasteiger partial charge in [-0.1, -0.05) is 53.8 Å². The fourth-order valence-electron chi connectivity index (χ4n) is 1.69. The number of benzene rings is 2. The second-order valence-electron chi connectivity index (χ2n) is 4.07. The van der Waals surface area contributed by atoms with Crippen LogP contribution in [0.2, 0.25) is 0 Å². The van der Waals surface area contributed by atoms with Gasteiger partial charge >= 0.3 is 0 Å². The molecular weight excluding hydrogens is 270 g/mol. The maximum Gasteiger partial charge on any atom is 0.231 e. The Balaban J connectivity index is 1.83. The van der Waals surface area contributed by atoms with Crippen LogP contribution in [0.5, 0.6) is 5.75 Å². The maximum absolute atomic E-state index is 9.65. The number of para-hydroxylation sites is 1. The van der Waals surface area contributed by atoms with Gasteiger partial charge in [0.05, 0.1) is 0 Å². The van der Waals surface area contributed by atoms with Crippen molar-refractivity contribution in [2.45, 2.75) is 0 Å². The maximum atomic E-state index is 9.65. The molecule has 5 heteroatoms. The normalized spacial score (nSPS) is 11.0. The lowest BCUT2D eigenvalue weighted by atomic mass is 10.2. The topological polar surface area (TPSA) is 58.4 Å². The lowest BCUT2D eigenvalue weighted by molar-refractivity contribution is 0.474. The Morgan fingerprint density at radius 1 is 0.950 bits per heavy atom. The molecule has 0 bridgehead atoms. The quantitative estimate of drug-likeness (QED) is 0.745. The zero-order valence-electron chi connectivity index (χ0n) is 10.5. The van der Waals surface area contributed by atoms with Gasteiger partial charge < -0.3 is 5.11 Å². The molecular formula is C15H11N3OS. The number of phenolic OH excluding ortho intramolecular Hbond substituents is 1. The predicted molar refractivity (Wildman–Crippen MR) is 80.7 cm³/mol. The number of nitrogens with zero attached hydrogens (tertiary/aromatic N) is 3. The van der Waals surface area contributed by atoms with Crippen LogP contribution in [-0.4, -0.2) is 21.5 Å². The fourth-order valence-corrected chi connectivity index (χ4v) is 2.38. The lowest BCUT2D eigenvalue weighted by Crippen LogP contribution is -1.80. The van der Waals surface area contributed by atoms with Gasteiger partial charge in [0.1, 0.15) is 10.8 Å². The third-order valence-electron chi connectivity index (χ3n) is 2.69. The highest BCUT2D eigenvalue weighted by Gasteiger charge is 2.04. The Morgan fingerprint density at radius 3 is 2.50 bits per heavy atom. The summed E-state index contributed by atoms with van der Waals surface area (Å²) in [5.41, 5.74) is 1.68. The first-order valence-electron chi connectivity index (χ1n) is 6.04. The molecule has 0 radical (unpaired) electrons. The molecule has 0 fully saturated rings. The Hall–Kier alpha value is -2.53. The van der Waals surface area contributed by atoms with E-state index in [1.54, 1.807) is 24.4 Å². The zero-order valence-corrected chi connectivity index (χ0v) is 11.3. The van der Waals surface area contributed by atoms with Gasteiger partial charge in [-0.15, -0.1) is 10.2 Å². The zero-order chi connectivity index (χ0) is 13.8. The molecule has 0 unspecified atom stereocenters. The third kappa shape index (κ3) is 2.73. The largest absolute Gasteiger partial charge is 0.507 e. The number of hydrogen-bond donors (Lipinski definition) is 1. The molecule has 0 aliphatic heterocycles. The molecule has 0 atom stereocenters. The van der Waals surface area contributed by atoms with E-state index in [-0.39, 0.29) is 5.75 Å². The Bertz CT molecular complexity index is 738. The van der Waals surface area contributed by atoms with E-state index >= 15 is 0 Å². The van der Waals surface area contributed by atoms with E-state index in [0.29, 0.717) is 10.7 Å². The van der Waals surface area contributed by atoms with Crippen LogP contribution < -0.4 is 0 Å². The fraction of sp³-hybridized carbons (Fsp3) is 0. The first-order chi connectivity index (χ1) is 9.83. The molecule has 0 aliphatic carbocycles. The van der Waals surface area contributed by atoms with Gasteiger partial charge in [-0.2, -0.15) is 0 Å². The summed E-state index contributed by atoms with van der Waals surface area (Å²) >= 11 is 1.41. The predicted octanol–water partition coefficient (Wildman–Crippen LogP) is 3.66. The number of rotatable bonds is 3. The summed E-state index contributed by atoms with van der Waals surface area (Å²) in [7, 11) is 0. The summed E-state index contributed by atoms with van der Waals surface area (Å²) in [6.07, 6.45) is 1.59. The van der Waals surface area contributed by atoms with Crippen molar-refractivity contribution in [1.82, 2.24) is 10.2 Å². The number of aromatic nitrogens is 2. The molecule has 0 aliphatic rings. The van der Waals surface area contributed by atoms with Crippen LogP contribution in [0.3, 0.4) is 0 Å². The van der Waals surface area contributed by atoms with Gasteiger partial charge in [0.25, 0.3) is 0 Å². The van der Waals surface area contributed by atoms with Crippen molar-refractivity contribution >= 4 is 22.7 Å². The van der Waals surface area contributed by atoms with Crippen LogP contribution in [0.15, 0.2) is 59.6 Å². The van der Waals surface area contributed by atoms with Gasteiger partial charge in [0.15, 0.2) is 0 Å². The molecule has 2 aromatic carbocycles. The van der Waals surface area contributed by atoms with E-state index in [0.717, 1.165) is 10.6 Å². The van der Waals surface area contributed by atoms with Crippen molar-refractivity contribution in [3.8, 4) is 16.3 Å². The smallest absolute Gasteiger partial charge is 0.231 e. The lowest BCUT2D eigenvalue weighted by Gasteiger charge is -1.95. The summed E-state index contributed by atoms with van der Waals surface area (Å²) in [5, 5.41) is 19.2. The monoisotopic (exact) mass is 281 g/mol. The summed E-state index contributed by atoms with van der Waals surface area (Å²) < 4.78 is 0. The van der Waals surface area contributed by atoms with Crippen molar-refractivity contribution in [2.24, 2.45) is 4.99 Å². The number of phenols is 1. The molecule has 98 valence electrons. The molecule has 20 heavy (non-hydrogen) atoms. The Labute approximate surface area is 120 Å². The van der Waals surface area contributed by atoms with E-state index in [2.05, 4.69) is 15.2 Å². The van der Waals surface area contributed by atoms with Crippen molar-refractivity contribution in [1.29, 1.82) is 0 Å². The van der Waals surface area contributed by atoms with E-state index in [1.807, 2.05) is 36.4 Å². The molecule has 3 aromatic rings. The van der Waals surface area contributed by atoms with Crippen LogP contribution in [0.1, 0.15) is 5.56 Å². The molecule has 4 nitrogen and oxygen atoms in total. The van der Waals surface area contributed by atoms with Gasteiger partial charge in [-0.25, -0.2) is 4.99 Å². The van der Waals surface area contributed by atoms with Crippen LogP contribution in [-0.2, 0) is 0 Å². The van der Waals surface area contributed by atoms with Crippen molar-refractivity contribution in [3.05, 3.63) is 60.2 Å². The van der Waals surface area contributed by atoms with Gasteiger partial charge in [0.2, 0.25) is 5.13 Å². The molecule has 1 heterocycles. The number of hydrogen-bond acceptors (Lipinski definition) is 5. The van der Waals surface area contributed by atoms with E-state index in [1.165, 1.54) is 11.3 Å². The molecule has 1 aromatic heterocycles. The first-order valence-corrected chi connectivity index (χ1v) is 6.85. The van der Waals surface area contributed by atoms with E-state index in [4.69, 9.17) is 0 Å². The molecule has 0 saturated carbocycles. The molecule has 0 saturated heterocycles. The summed E-state index contributed by atoms with van der Waals surface area (Å²) in [6, 6.07) is 16.9. The van der Waals surface area contributed by atoms with Gasteiger partial charge in [0, 0.05) is 17.3 Å². The minimum Gasteiger partial charge on any atom is -0.507 e. The van der Waals surface area contributed by atoms with E-state index in [9.17, 15) is 5.11 Å². The SMILES string of the molecule is Oc1ccccc1C=Nc1nnc(-c2ccccc2)s1. The summed E-state index contributed by atoms with van der Waals surface area (Å²) in [6.45, 7) is 0. The van der Waals surface area contributed by atoms with Gasteiger partial charge in [-0.3, -0.25) is 0 Å². The average Bonchev–Trinajstić information content (AvgIpc) is 2.96. The third-order valence-corrected chi connectivity index (χ3v) is 3.57. The molecule has 0 amide bonds. The molecule has 3 rings (SSSR count). The first kappa shape index (κ1) is 12.5. The van der Waals surface area contributed by atoms with Crippen LogP contribution in [0, 0.1) is 0 Å². The molecule has 0 spiro atoms. The van der Waals surface area contributed by atoms with Crippen molar-refractivity contribution < 1.29 is 5.11 Å². The number of aromatic hydroxyl groups is 1. The van der Waals surface area contributed by atoms with Crippen molar-refractivity contribution in [3.63, 3.8) is 0 Å². The highest BCUT2D eigenvalue weighted by Crippen LogP contribution is 2.27.